The number of amides is 2. The molecule has 1 fully saturated rings. The summed E-state index contributed by atoms with van der Waals surface area (Å²) in [6.07, 6.45) is 2.48. The topological polar surface area (TPSA) is 144 Å². The van der Waals surface area contributed by atoms with Crippen LogP contribution in [0.1, 0.15) is 40.5 Å². The van der Waals surface area contributed by atoms with E-state index in [-0.39, 0.29) is 29.3 Å². The number of benzene rings is 3. The Labute approximate surface area is 258 Å². The van der Waals surface area contributed by atoms with Crippen molar-refractivity contribution in [3.8, 4) is 0 Å². The Morgan fingerprint density at radius 2 is 1.40 bits per heavy atom. The second kappa shape index (κ2) is 16.6. The molecule has 0 aromatic heterocycles. The molecule has 1 aliphatic rings. The lowest BCUT2D eigenvalue weighted by atomic mass is 9.89. The minimum Gasteiger partial charge on any atom is -0.478 e. The number of hydrogen-bond acceptors (Lipinski definition) is 6. The van der Waals surface area contributed by atoms with Crippen LogP contribution >= 0.6 is 0 Å². The van der Waals surface area contributed by atoms with Gasteiger partial charge in [0.1, 0.15) is 11.6 Å². The van der Waals surface area contributed by atoms with Crippen LogP contribution in [-0.4, -0.2) is 70.8 Å². The third-order valence-electron chi connectivity index (χ3n) is 6.91. The van der Waals surface area contributed by atoms with Crippen molar-refractivity contribution in [2.24, 2.45) is 5.92 Å². The van der Waals surface area contributed by atoms with E-state index < -0.39 is 17.8 Å². The maximum absolute atomic E-state index is 13.6. The van der Waals surface area contributed by atoms with Crippen molar-refractivity contribution >= 4 is 40.9 Å². The Kier molecular flexibility index (Phi) is 12.6. The fourth-order valence-electron chi connectivity index (χ4n) is 4.71. The maximum Gasteiger partial charge on any atom is 0.328 e. The minimum absolute atomic E-state index is 0.0295. The zero-order valence-electron chi connectivity index (χ0n) is 24.5. The summed E-state index contributed by atoms with van der Waals surface area (Å²) in [6.45, 7) is 3.73. The largest absolute Gasteiger partial charge is 0.478 e. The standard InChI is InChI=1S/C29H29F2N3O3.C4H4O4/c1-20(35)32-26-4-2-3-23(19-26)29(37)34(27-11-9-25(31)10-12-27)18-17-33-15-13-22(14-16-33)28(36)21-5-7-24(30)8-6-21;5-3(6)1-2-4(7)8/h2-12,19,22H,13-18H2,1H3,(H,32,35);1-2H,(H,5,6)(H,7,8). The lowest BCUT2D eigenvalue weighted by Gasteiger charge is -2.33. The van der Waals surface area contributed by atoms with E-state index in [0.717, 1.165) is 0 Å². The molecule has 0 atom stereocenters. The van der Waals surface area contributed by atoms with Crippen molar-refractivity contribution < 1.29 is 43.0 Å². The fraction of sp³-hybridized carbons (Fsp3) is 0.242. The lowest BCUT2D eigenvalue weighted by Crippen LogP contribution is -2.43. The molecule has 236 valence electrons. The summed E-state index contributed by atoms with van der Waals surface area (Å²) < 4.78 is 26.8. The molecule has 0 saturated carbocycles. The van der Waals surface area contributed by atoms with Gasteiger partial charge in [-0.2, -0.15) is 0 Å². The van der Waals surface area contributed by atoms with Gasteiger partial charge in [-0.05, 0) is 92.7 Å². The zero-order chi connectivity index (χ0) is 32.9. The number of rotatable bonds is 10. The van der Waals surface area contributed by atoms with Gasteiger partial charge in [-0.1, -0.05) is 6.07 Å². The maximum atomic E-state index is 13.6. The molecule has 3 aromatic carbocycles. The average Bonchev–Trinajstić information content (AvgIpc) is 3.01. The number of anilines is 2. The summed E-state index contributed by atoms with van der Waals surface area (Å²) in [6, 6.07) is 18.1. The molecule has 45 heavy (non-hydrogen) atoms. The molecule has 0 aliphatic carbocycles. The summed E-state index contributed by atoms with van der Waals surface area (Å²) in [4.78, 5) is 60.6. The highest BCUT2D eigenvalue weighted by molar-refractivity contribution is 6.07. The van der Waals surface area contributed by atoms with Gasteiger partial charge >= 0.3 is 11.9 Å². The summed E-state index contributed by atoms with van der Waals surface area (Å²) in [7, 11) is 0. The van der Waals surface area contributed by atoms with Crippen LogP contribution in [0.3, 0.4) is 0 Å². The molecule has 1 saturated heterocycles. The Bertz CT molecular complexity index is 1520. The smallest absolute Gasteiger partial charge is 0.328 e. The first-order chi connectivity index (χ1) is 21.4. The molecule has 3 aromatic rings. The van der Waals surface area contributed by atoms with Crippen molar-refractivity contribution in [1.29, 1.82) is 0 Å². The number of carboxylic acids is 2. The van der Waals surface area contributed by atoms with Crippen LogP contribution in [0, 0.1) is 17.6 Å². The first kappa shape index (κ1) is 34.3. The summed E-state index contributed by atoms with van der Waals surface area (Å²) in [5, 5.41) is 18.3. The number of nitrogens with zero attached hydrogens (tertiary/aromatic N) is 2. The van der Waals surface area contributed by atoms with E-state index in [1.165, 1.54) is 43.3 Å². The van der Waals surface area contributed by atoms with Gasteiger partial charge in [0.15, 0.2) is 5.78 Å². The predicted molar refractivity (Wildman–Crippen MR) is 163 cm³/mol. The van der Waals surface area contributed by atoms with Crippen molar-refractivity contribution in [2.45, 2.75) is 19.8 Å². The van der Waals surface area contributed by atoms with Gasteiger partial charge in [-0.15, -0.1) is 0 Å². The SMILES string of the molecule is CC(=O)Nc1cccc(C(=O)N(CCN2CCC(C(=O)c3ccc(F)cc3)CC2)c2ccc(F)cc2)c1.O=C(O)C=CC(=O)O. The van der Waals surface area contributed by atoms with Crippen LogP contribution in [0.2, 0.25) is 0 Å². The number of ketones is 1. The number of halogens is 2. The van der Waals surface area contributed by atoms with Gasteiger partial charge < -0.3 is 25.3 Å². The van der Waals surface area contributed by atoms with Crippen LogP contribution in [0.25, 0.3) is 0 Å². The van der Waals surface area contributed by atoms with Crippen LogP contribution in [-0.2, 0) is 14.4 Å². The fourth-order valence-corrected chi connectivity index (χ4v) is 4.71. The van der Waals surface area contributed by atoms with Crippen molar-refractivity contribution in [1.82, 2.24) is 4.90 Å². The molecule has 12 heteroatoms. The molecule has 0 bridgehead atoms. The van der Waals surface area contributed by atoms with Crippen molar-refractivity contribution in [2.75, 3.05) is 36.4 Å². The van der Waals surface area contributed by atoms with Gasteiger partial charge in [0.05, 0.1) is 0 Å². The Morgan fingerprint density at radius 3 is 1.93 bits per heavy atom. The lowest BCUT2D eigenvalue weighted by molar-refractivity contribution is -0.134. The summed E-state index contributed by atoms with van der Waals surface area (Å²) in [5.74, 6) is -3.86. The number of hydrogen-bond donors (Lipinski definition) is 3. The Hall–Kier alpha value is -5.23. The first-order valence-corrected chi connectivity index (χ1v) is 14.0. The van der Waals surface area contributed by atoms with Crippen LogP contribution in [0.5, 0.6) is 0 Å². The van der Waals surface area contributed by atoms with E-state index in [0.29, 0.717) is 73.7 Å². The molecule has 1 aliphatic heterocycles. The molecular formula is C33H33F2N3O7. The number of piperidine rings is 1. The van der Waals surface area contributed by atoms with Crippen molar-refractivity contribution in [3.63, 3.8) is 0 Å². The van der Waals surface area contributed by atoms with Gasteiger partial charge in [-0.25, -0.2) is 18.4 Å². The minimum atomic E-state index is -1.26. The highest BCUT2D eigenvalue weighted by Crippen LogP contribution is 2.24. The van der Waals surface area contributed by atoms with E-state index in [1.807, 2.05) is 0 Å². The molecular weight excluding hydrogens is 588 g/mol. The summed E-state index contributed by atoms with van der Waals surface area (Å²) in [5.41, 5.74) is 2.01. The highest BCUT2D eigenvalue weighted by atomic mass is 19.1. The molecule has 1 heterocycles. The molecule has 2 amide bonds. The van der Waals surface area contributed by atoms with Gasteiger partial charge in [-0.3, -0.25) is 14.4 Å². The normalized spacial score (nSPS) is 13.4. The van der Waals surface area contributed by atoms with Gasteiger partial charge in [0, 0.05) is 60.6 Å². The summed E-state index contributed by atoms with van der Waals surface area (Å²) >= 11 is 0. The monoisotopic (exact) mass is 621 g/mol. The predicted octanol–water partition coefficient (Wildman–Crippen LogP) is 4.88. The van der Waals surface area contributed by atoms with E-state index in [2.05, 4.69) is 10.2 Å². The Balaban J connectivity index is 0.000000610. The van der Waals surface area contributed by atoms with Crippen molar-refractivity contribution in [3.05, 3.63) is 108 Å². The number of carboxylic acid groups (broad SMARTS) is 2. The van der Waals surface area contributed by atoms with E-state index >= 15 is 0 Å². The number of carbonyl (C=O) groups is 5. The number of carbonyl (C=O) groups excluding carboxylic acids is 3. The molecule has 10 nitrogen and oxygen atoms in total. The van der Waals surface area contributed by atoms with Crippen LogP contribution in [0.4, 0.5) is 20.2 Å². The number of aliphatic carboxylic acids is 2. The van der Waals surface area contributed by atoms with Crippen LogP contribution in [0.15, 0.2) is 84.9 Å². The molecule has 0 radical (unpaired) electrons. The molecule has 4 rings (SSSR count). The molecule has 0 spiro atoms. The van der Waals surface area contributed by atoms with Gasteiger partial charge in [0.25, 0.3) is 5.91 Å². The average molecular weight is 622 g/mol. The molecule has 0 unspecified atom stereocenters. The quantitative estimate of drug-likeness (QED) is 0.215. The van der Waals surface area contributed by atoms with Crippen LogP contribution < -0.4 is 10.2 Å². The first-order valence-electron chi connectivity index (χ1n) is 14.0. The molecule has 3 N–H and O–H groups in total. The van der Waals surface area contributed by atoms with E-state index in [4.69, 9.17) is 10.2 Å². The number of likely N-dealkylation sites (tertiary alicyclic amines) is 1. The second-order valence-electron chi connectivity index (χ2n) is 10.2. The Morgan fingerprint density at radius 1 is 0.844 bits per heavy atom. The van der Waals surface area contributed by atoms with E-state index in [9.17, 15) is 32.8 Å². The van der Waals surface area contributed by atoms with E-state index in [1.54, 1.807) is 41.3 Å². The number of nitrogens with one attached hydrogen (secondary N) is 1. The van der Waals surface area contributed by atoms with Gasteiger partial charge in [0.2, 0.25) is 5.91 Å². The third-order valence-corrected chi connectivity index (χ3v) is 6.91. The third kappa shape index (κ3) is 11.1. The second-order valence-corrected chi connectivity index (χ2v) is 10.2. The zero-order valence-corrected chi connectivity index (χ0v) is 24.5. The highest BCUT2D eigenvalue weighted by Gasteiger charge is 2.27. The number of Topliss-reactive ketones (excluding diaryl/α,β-unsaturated/α-hetero) is 1.